The monoisotopic (exact) mass is 393 g/mol. The molecule has 5 heteroatoms. The van der Waals surface area contributed by atoms with E-state index in [0.717, 1.165) is 11.1 Å². The van der Waals surface area contributed by atoms with Crippen molar-refractivity contribution < 1.29 is 14.3 Å². The van der Waals surface area contributed by atoms with Gasteiger partial charge in [0.2, 0.25) is 0 Å². The molecule has 3 aromatic rings. The van der Waals surface area contributed by atoms with Gasteiger partial charge in [0.15, 0.2) is 6.10 Å². The highest BCUT2D eigenvalue weighted by Gasteiger charge is 2.27. The molecule has 0 spiro atoms. The fourth-order valence-corrected chi connectivity index (χ4v) is 3.05. The lowest BCUT2D eigenvalue weighted by Gasteiger charge is -2.20. The van der Waals surface area contributed by atoms with Gasteiger partial charge in [0.1, 0.15) is 5.92 Å². The van der Waals surface area contributed by atoms with Gasteiger partial charge in [-0.25, -0.2) is 0 Å². The summed E-state index contributed by atoms with van der Waals surface area (Å²) in [4.78, 5) is 25.4. The molecule has 0 aliphatic carbocycles. The van der Waals surface area contributed by atoms with Crippen LogP contribution in [0.25, 0.3) is 0 Å². The van der Waals surface area contributed by atoms with Gasteiger partial charge in [0.05, 0.1) is 0 Å². The van der Waals surface area contributed by atoms with E-state index in [1.54, 1.807) is 31.2 Å². The standard InChI is InChI=1S/C23H20ClNO3/c1-16(22(26)25-20-14-8-13-19(24)15-20)28-23(27)21(17-9-4-2-5-10-17)18-11-6-3-7-12-18/h2-16,21H,1H3,(H,25,26)/t16-/m0/s1. The van der Waals surface area contributed by atoms with E-state index < -0.39 is 23.9 Å². The van der Waals surface area contributed by atoms with Crippen LogP contribution in [0.15, 0.2) is 84.9 Å². The van der Waals surface area contributed by atoms with Gasteiger partial charge in [0.25, 0.3) is 5.91 Å². The van der Waals surface area contributed by atoms with E-state index in [9.17, 15) is 9.59 Å². The Bertz CT molecular complexity index is 905. The van der Waals surface area contributed by atoms with E-state index in [0.29, 0.717) is 10.7 Å². The van der Waals surface area contributed by atoms with E-state index in [-0.39, 0.29) is 0 Å². The molecule has 0 saturated carbocycles. The first-order valence-electron chi connectivity index (χ1n) is 8.91. The Kier molecular flexibility index (Phi) is 6.45. The van der Waals surface area contributed by atoms with Crippen molar-refractivity contribution in [3.8, 4) is 0 Å². The average Bonchev–Trinajstić information content (AvgIpc) is 2.70. The third kappa shape index (κ3) is 4.99. The fourth-order valence-electron chi connectivity index (χ4n) is 2.86. The Balaban J connectivity index is 1.75. The van der Waals surface area contributed by atoms with Crippen molar-refractivity contribution in [2.24, 2.45) is 0 Å². The molecule has 0 unspecified atom stereocenters. The summed E-state index contributed by atoms with van der Waals surface area (Å²) in [7, 11) is 0. The quantitative estimate of drug-likeness (QED) is 0.597. The van der Waals surface area contributed by atoms with Crippen LogP contribution in [0.3, 0.4) is 0 Å². The molecule has 0 radical (unpaired) electrons. The molecule has 4 nitrogen and oxygen atoms in total. The van der Waals surface area contributed by atoms with Crippen molar-refractivity contribution in [1.82, 2.24) is 0 Å². The zero-order valence-corrected chi connectivity index (χ0v) is 16.1. The van der Waals surface area contributed by atoms with Crippen molar-refractivity contribution in [3.05, 3.63) is 101 Å². The molecule has 0 aromatic heterocycles. The van der Waals surface area contributed by atoms with E-state index >= 15 is 0 Å². The van der Waals surface area contributed by atoms with E-state index in [4.69, 9.17) is 16.3 Å². The lowest BCUT2D eigenvalue weighted by molar-refractivity contribution is -0.153. The number of hydrogen-bond acceptors (Lipinski definition) is 3. The summed E-state index contributed by atoms with van der Waals surface area (Å²) in [5.41, 5.74) is 2.16. The van der Waals surface area contributed by atoms with Crippen LogP contribution in [0.2, 0.25) is 5.02 Å². The Labute approximate surface area is 169 Å². The van der Waals surface area contributed by atoms with Crippen molar-refractivity contribution in [2.75, 3.05) is 5.32 Å². The minimum absolute atomic E-state index is 0.421. The van der Waals surface area contributed by atoms with Crippen molar-refractivity contribution in [3.63, 3.8) is 0 Å². The largest absolute Gasteiger partial charge is 0.452 e. The van der Waals surface area contributed by atoms with Gasteiger partial charge in [0, 0.05) is 10.7 Å². The summed E-state index contributed by atoms with van der Waals surface area (Å²) in [5, 5.41) is 3.22. The first kappa shape index (κ1) is 19.6. The molecular weight excluding hydrogens is 374 g/mol. The van der Waals surface area contributed by atoms with Gasteiger partial charge in [-0.2, -0.15) is 0 Å². The zero-order chi connectivity index (χ0) is 19.9. The summed E-state index contributed by atoms with van der Waals surface area (Å²) in [6, 6.07) is 25.5. The Morgan fingerprint density at radius 2 is 1.43 bits per heavy atom. The zero-order valence-electron chi connectivity index (χ0n) is 15.3. The van der Waals surface area contributed by atoms with Gasteiger partial charge in [-0.3, -0.25) is 9.59 Å². The SMILES string of the molecule is C[C@H](OC(=O)C(c1ccccc1)c1ccccc1)C(=O)Nc1cccc(Cl)c1. The normalized spacial score (nSPS) is 11.7. The fraction of sp³-hybridized carbons (Fsp3) is 0.130. The van der Waals surface area contributed by atoms with Gasteiger partial charge < -0.3 is 10.1 Å². The maximum atomic E-state index is 12.9. The number of carbonyl (C=O) groups is 2. The van der Waals surface area contributed by atoms with Gasteiger partial charge in [-0.05, 0) is 36.2 Å². The van der Waals surface area contributed by atoms with Gasteiger partial charge in [-0.15, -0.1) is 0 Å². The summed E-state index contributed by atoms with van der Waals surface area (Å²) in [5.74, 6) is -1.51. The molecule has 1 N–H and O–H groups in total. The highest BCUT2D eigenvalue weighted by molar-refractivity contribution is 6.30. The molecular formula is C23H20ClNO3. The van der Waals surface area contributed by atoms with Crippen molar-refractivity contribution >= 4 is 29.2 Å². The van der Waals surface area contributed by atoms with Crippen molar-refractivity contribution in [2.45, 2.75) is 18.9 Å². The van der Waals surface area contributed by atoms with E-state index in [1.807, 2.05) is 60.7 Å². The number of nitrogens with one attached hydrogen (secondary N) is 1. The van der Waals surface area contributed by atoms with E-state index in [1.165, 1.54) is 0 Å². The molecule has 28 heavy (non-hydrogen) atoms. The predicted octanol–water partition coefficient (Wildman–Crippen LogP) is 5.04. The number of carbonyl (C=O) groups excluding carboxylic acids is 2. The highest BCUT2D eigenvalue weighted by Crippen LogP contribution is 2.26. The number of halogens is 1. The lowest BCUT2D eigenvalue weighted by atomic mass is 9.91. The molecule has 0 heterocycles. The molecule has 0 fully saturated rings. The molecule has 3 rings (SSSR count). The van der Waals surface area contributed by atoms with Crippen LogP contribution in [0.1, 0.15) is 24.0 Å². The van der Waals surface area contributed by atoms with Crippen LogP contribution in [0, 0.1) is 0 Å². The second-order valence-corrected chi connectivity index (χ2v) is 6.77. The van der Waals surface area contributed by atoms with Crippen LogP contribution in [0.4, 0.5) is 5.69 Å². The highest BCUT2D eigenvalue weighted by atomic mass is 35.5. The minimum atomic E-state index is -0.957. The molecule has 0 aliphatic heterocycles. The topological polar surface area (TPSA) is 55.4 Å². The number of rotatable bonds is 6. The van der Waals surface area contributed by atoms with Crippen LogP contribution in [0.5, 0.6) is 0 Å². The van der Waals surface area contributed by atoms with E-state index in [2.05, 4.69) is 5.32 Å². The van der Waals surface area contributed by atoms with Crippen molar-refractivity contribution in [1.29, 1.82) is 0 Å². The van der Waals surface area contributed by atoms with Crippen LogP contribution in [-0.4, -0.2) is 18.0 Å². The molecule has 142 valence electrons. The summed E-state index contributed by atoms with van der Waals surface area (Å²) < 4.78 is 5.50. The number of benzene rings is 3. The Hall–Kier alpha value is -3.11. The number of esters is 1. The minimum Gasteiger partial charge on any atom is -0.452 e. The molecule has 1 atom stereocenters. The smallest absolute Gasteiger partial charge is 0.318 e. The summed E-state index contributed by atoms with van der Waals surface area (Å²) in [6.07, 6.45) is -0.957. The maximum absolute atomic E-state index is 12.9. The molecule has 0 aliphatic rings. The third-order valence-corrected chi connectivity index (χ3v) is 4.49. The second kappa shape index (κ2) is 9.20. The number of amides is 1. The Morgan fingerprint density at radius 3 is 1.96 bits per heavy atom. The van der Waals surface area contributed by atoms with Crippen LogP contribution < -0.4 is 5.32 Å². The number of hydrogen-bond donors (Lipinski definition) is 1. The number of anilines is 1. The molecule has 3 aromatic carbocycles. The first-order valence-corrected chi connectivity index (χ1v) is 9.29. The Morgan fingerprint density at radius 1 is 0.857 bits per heavy atom. The summed E-state index contributed by atoms with van der Waals surface area (Å²) >= 11 is 5.93. The summed E-state index contributed by atoms with van der Waals surface area (Å²) in [6.45, 7) is 1.55. The van der Waals surface area contributed by atoms with Crippen LogP contribution in [-0.2, 0) is 14.3 Å². The van der Waals surface area contributed by atoms with Gasteiger partial charge in [-0.1, -0.05) is 78.3 Å². The first-order chi connectivity index (χ1) is 13.5. The maximum Gasteiger partial charge on any atom is 0.318 e. The lowest BCUT2D eigenvalue weighted by Crippen LogP contribution is -2.32. The second-order valence-electron chi connectivity index (χ2n) is 6.33. The van der Waals surface area contributed by atoms with Crippen LogP contribution >= 0.6 is 11.6 Å². The third-order valence-electron chi connectivity index (χ3n) is 4.26. The number of ether oxygens (including phenoxy) is 1. The average molecular weight is 394 g/mol. The van der Waals surface area contributed by atoms with Gasteiger partial charge >= 0.3 is 5.97 Å². The predicted molar refractivity (Wildman–Crippen MR) is 110 cm³/mol. The molecule has 1 amide bonds. The molecule has 0 bridgehead atoms. The molecule has 0 saturated heterocycles.